The molecule has 0 spiro atoms. The summed E-state index contributed by atoms with van der Waals surface area (Å²) in [7, 11) is 2.75. The van der Waals surface area contributed by atoms with E-state index in [4.69, 9.17) is 18.0 Å². The van der Waals surface area contributed by atoms with E-state index >= 15 is 0 Å². The Hall–Kier alpha value is 0.0169. The van der Waals surface area contributed by atoms with E-state index in [-0.39, 0.29) is 6.10 Å². The van der Waals surface area contributed by atoms with Crippen LogP contribution >= 0.6 is 0 Å². The molecule has 0 amide bonds. The third-order valence-electron chi connectivity index (χ3n) is 3.67. The summed E-state index contributed by atoms with van der Waals surface area (Å²) >= 11 is 0. The average Bonchev–Trinajstić information content (AvgIpc) is 2.42. The normalized spacial score (nSPS) is 24.9. The van der Waals surface area contributed by atoms with Gasteiger partial charge in [0.2, 0.25) is 0 Å². The van der Waals surface area contributed by atoms with Crippen molar-refractivity contribution in [3.8, 4) is 0 Å². The third-order valence-corrected chi connectivity index (χ3v) is 6.57. The van der Waals surface area contributed by atoms with E-state index in [1.54, 1.807) is 21.3 Å². The lowest BCUT2D eigenvalue weighted by Gasteiger charge is -2.36. The smallest absolute Gasteiger partial charge is 0.385 e. The Balaban J connectivity index is 2.54. The summed E-state index contributed by atoms with van der Waals surface area (Å²) in [5.74, 6) is 0. The van der Waals surface area contributed by atoms with Gasteiger partial charge in [0.05, 0.1) is 6.10 Å². The number of hydrogen-bond donors (Lipinski definition) is 0. The predicted octanol–water partition coefficient (Wildman–Crippen LogP) is 1.76. The Kier molecular flexibility index (Phi) is 8.13. The van der Waals surface area contributed by atoms with Crippen molar-refractivity contribution in [2.45, 2.75) is 38.3 Å². The van der Waals surface area contributed by atoms with Crippen molar-refractivity contribution in [1.82, 2.24) is 4.90 Å². The second-order valence-corrected chi connectivity index (χ2v) is 7.91. The number of rotatable bonds is 7. The molecule has 1 aliphatic heterocycles. The highest BCUT2D eigenvalue weighted by Crippen LogP contribution is 2.23. The van der Waals surface area contributed by atoms with Crippen LogP contribution in [0.1, 0.15) is 26.2 Å². The first kappa shape index (κ1) is 17.1. The number of hydrogen-bond acceptors (Lipinski definition) is 5. The molecule has 1 rings (SSSR count). The highest BCUT2D eigenvalue weighted by atomic mass is 28.4. The molecule has 0 aromatic heterocycles. The second kappa shape index (κ2) is 9.04. The van der Waals surface area contributed by atoms with Crippen LogP contribution in [0.3, 0.4) is 0 Å². The standard InChI is InChI=1S/C13H29NO4Si/c1-5-13-12-14(8-6-10-15-2)9-7-11-19(16-3,17-4)18-13/h13H,5-12H2,1-4H3. The molecule has 6 heteroatoms. The molecule has 0 aromatic rings. The van der Waals surface area contributed by atoms with Gasteiger partial charge in [-0.15, -0.1) is 0 Å². The lowest BCUT2D eigenvalue weighted by molar-refractivity contribution is 0.0226. The summed E-state index contributed by atoms with van der Waals surface area (Å²) in [6.07, 6.45) is 3.33. The Morgan fingerprint density at radius 1 is 1.26 bits per heavy atom. The maximum Gasteiger partial charge on any atom is 0.500 e. The molecule has 1 unspecified atom stereocenters. The maximum atomic E-state index is 6.18. The zero-order valence-corrected chi connectivity index (χ0v) is 13.8. The van der Waals surface area contributed by atoms with Crippen LogP contribution < -0.4 is 0 Å². The maximum absolute atomic E-state index is 6.18. The van der Waals surface area contributed by atoms with Gasteiger partial charge in [-0.2, -0.15) is 0 Å². The van der Waals surface area contributed by atoms with E-state index in [9.17, 15) is 0 Å². The van der Waals surface area contributed by atoms with Gasteiger partial charge in [-0.25, -0.2) is 0 Å². The van der Waals surface area contributed by atoms with Gasteiger partial charge in [-0.05, 0) is 25.8 Å². The van der Waals surface area contributed by atoms with Gasteiger partial charge >= 0.3 is 8.80 Å². The number of methoxy groups -OCH3 is 1. The lowest BCUT2D eigenvalue weighted by Crippen LogP contribution is -2.51. The molecule has 0 aromatic carbocycles. The molecular formula is C13H29NO4Si. The Morgan fingerprint density at radius 3 is 2.58 bits per heavy atom. The highest BCUT2D eigenvalue weighted by molar-refractivity contribution is 6.60. The van der Waals surface area contributed by atoms with Crippen LogP contribution in [0.4, 0.5) is 0 Å². The Bertz CT molecular complexity index is 239. The minimum absolute atomic E-state index is 0.203. The summed E-state index contributed by atoms with van der Waals surface area (Å²) in [5, 5.41) is 0. The lowest BCUT2D eigenvalue weighted by atomic mass is 10.2. The Labute approximate surface area is 118 Å². The topological polar surface area (TPSA) is 40.2 Å². The molecular weight excluding hydrogens is 262 g/mol. The number of nitrogens with zero attached hydrogens (tertiary/aromatic N) is 1. The minimum atomic E-state index is -2.42. The van der Waals surface area contributed by atoms with Crippen molar-refractivity contribution in [3.05, 3.63) is 0 Å². The minimum Gasteiger partial charge on any atom is -0.385 e. The Morgan fingerprint density at radius 2 is 2.00 bits per heavy atom. The first-order chi connectivity index (χ1) is 9.19. The molecule has 1 atom stereocenters. The summed E-state index contributed by atoms with van der Waals surface area (Å²) in [5.41, 5.74) is 0. The van der Waals surface area contributed by atoms with Gasteiger partial charge in [0.1, 0.15) is 0 Å². The quantitative estimate of drug-likeness (QED) is 0.528. The van der Waals surface area contributed by atoms with E-state index in [2.05, 4.69) is 11.8 Å². The fourth-order valence-electron chi connectivity index (χ4n) is 2.48. The fourth-order valence-corrected chi connectivity index (χ4v) is 4.71. The van der Waals surface area contributed by atoms with E-state index in [1.165, 1.54) is 0 Å². The first-order valence-corrected chi connectivity index (χ1v) is 9.12. The van der Waals surface area contributed by atoms with Crippen LogP contribution in [-0.2, 0) is 18.0 Å². The molecule has 0 bridgehead atoms. The van der Waals surface area contributed by atoms with Crippen LogP contribution in [0.2, 0.25) is 6.04 Å². The molecule has 5 nitrogen and oxygen atoms in total. The zero-order valence-electron chi connectivity index (χ0n) is 12.8. The van der Waals surface area contributed by atoms with Crippen LogP contribution in [0.25, 0.3) is 0 Å². The van der Waals surface area contributed by atoms with Crippen LogP contribution in [0.15, 0.2) is 0 Å². The molecule has 114 valence electrons. The molecule has 0 saturated carbocycles. The largest absolute Gasteiger partial charge is 0.500 e. The van der Waals surface area contributed by atoms with Crippen LogP contribution in [0.5, 0.6) is 0 Å². The van der Waals surface area contributed by atoms with E-state index in [1.807, 2.05) is 0 Å². The van der Waals surface area contributed by atoms with Gasteiger partial charge < -0.3 is 22.9 Å². The van der Waals surface area contributed by atoms with E-state index in [0.717, 1.165) is 51.5 Å². The SMILES string of the molecule is CCC1CN(CCCOC)CCC[Si](OC)(OC)O1. The van der Waals surface area contributed by atoms with Crippen molar-refractivity contribution in [3.63, 3.8) is 0 Å². The fraction of sp³-hybridized carbons (Fsp3) is 1.00. The summed E-state index contributed by atoms with van der Waals surface area (Å²) < 4.78 is 22.5. The highest BCUT2D eigenvalue weighted by Gasteiger charge is 2.42. The van der Waals surface area contributed by atoms with Gasteiger partial charge in [-0.3, -0.25) is 0 Å². The van der Waals surface area contributed by atoms with E-state index in [0.29, 0.717) is 0 Å². The first-order valence-electron chi connectivity index (χ1n) is 7.19. The zero-order chi connectivity index (χ0) is 14.1. The van der Waals surface area contributed by atoms with Crippen molar-refractivity contribution in [1.29, 1.82) is 0 Å². The molecule has 19 heavy (non-hydrogen) atoms. The molecule has 1 heterocycles. The molecule has 0 N–H and O–H groups in total. The van der Waals surface area contributed by atoms with Gasteiger partial charge in [-0.1, -0.05) is 6.92 Å². The van der Waals surface area contributed by atoms with Crippen molar-refractivity contribution < 1.29 is 18.0 Å². The third kappa shape index (κ3) is 5.49. The van der Waals surface area contributed by atoms with Gasteiger partial charge in [0, 0.05) is 47.1 Å². The van der Waals surface area contributed by atoms with Gasteiger partial charge in [0.15, 0.2) is 0 Å². The summed E-state index contributed by atoms with van der Waals surface area (Å²) in [4.78, 5) is 2.47. The van der Waals surface area contributed by atoms with E-state index < -0.39 is 8.80 Å². The molecule has 1 fully saturated rings. The molecule has 0 radical (unpaired) electrons. The summed E-state index contributed by atoms with van der Waals surface area (Å²) in [6, 6.07) is 0.900. The monoisotopic (exact) mass is 291 g/mol. The predicted molar refractivity (Wildman–Crippen MR) is 77.3 cm³/mol. The van der Waals surface area contributed by atoms with Crippen LogP contribution in [0, 0.1) is 0 Å². The molecule has 1 saturated heterocycles. The average molecular weight is 291 g/mol. The van der Waals surface area contributed by atoms with Crippen molar-refractivity contribution >= 4 is 8.80 Å². The second-order valence-electron chi connectivity index (χ2n) is 4.99. The van der Waals surface area contributed by atoms with Crippen LogP contribution in [-0.4, -0.2) is 67.4 Å². The van der Waals surface area contributed by atoms with Crippen molar-refractivity contribution in [2.24, 2.45) is 0 Å². The molecule has 1 aliphatic rings. The van der Waals surface area contributed by atoms with Crippen molar-refractivity contribution in [2.75, 3.05) is 47.6 Å². The number of ether oxygens (including phenoxy) is 1. The van der Waals surface area contributed by atoms with Gasteiger partial charge in [0.25, 0.3) is 0 Å². The molecule has 0 aliphatic carbocycles. The summed E-state index contributed by atoms with van der Waals surface area (Å²) in [6.45, 7) is 6.10.